The Morgan fingerprint density at radius 1 is 1.50 bits per heavy atom. The zero-order valence-electron chi connectivity index (χ0n) is 7.74. The summed E-state index contributed by atoms with van der Waals surface area (Å²) in [4.78, 5) is 0. The Morgan fingerprint density at radius 3 is 2.75 bits per heavy atom. The van der Waals surface area contributed by atoms with Crippen LogP contribution in [0.25, 0.3) is 0 Å². The van der Waals surface area contributed by atoms with Crippen molar-refractivity contribution in [2.75, 3.05) is 0 Å². The number of hydrogen-bond acceptors (Lipinski definition) is 4. The number of aromatic nitrogens is 2. The van der Waals surface area contributed by atoms with Gasteiger partial charge in [0.25, 0.3) is 0 Å². The molecule has 0 aliphatic carbocycles. The highest BCUT2D eigenvalue weighted by atomic mass is 32.1. The van der Waals surface area contributed by atoms with Gasteiger partial charge in [0.1, 0.15) is 0 Å². The summed E-state index contributed by atoms with van der Waals surface area (Å²) in [6.45, 7) is 7.42. The molecule has 0 fully saturated rings. The molecule has 3 nitrogen and oxygen atoms in total. The van der Waals surface area contributed by atoms with Gasteiger partial charge >= 0.3 is 0 Å². The van der Waals surface area contributed by atoms with Gasteiger partial charge in [0, 0.05) is 18.0 Å². The lowest BCUT2D eigenvalue weighted by Crippen LogP contribution is -2.30. The number of rotatable bonds is 4. The summed E-state index contributed by atoms with van der Waals surface area (Å²) < 4.78 is 3.80. The molecule has 0 spiro atoms. The van der Waals surface area contributed by atoms with E-state index in [1.54, 1.807) is 0 Å². The predicted molar refractivity (Wildman–Crippen MR) is 51.0 cm³/mol. The van der Waals surface area contributed by atoms with Gasteiger partial charge in [-0.25, -0.2) is 0 Å². The summed E-state index contributed by atoms with van der Waals surface area (Å²) in [5, 5.41) is 9.31. The molecule has 1 rings (SSSR count). The fourth-order valence-electron chi connectivity index (χ4n) is 0.762. The number of nitrogens with zero attached hydrogens (tertiary/aromatic N) is 2. The standard InChI is InChI=1S/C8H15N3S/c1-6(2)7(3)9-4-8-5-12-11-10-8/h5-7,9H,4H2,1-3H3. The Balaban J connectivity index is 2.27. The van der Waals surface area contributed by atoms with Crippen LogP contribution in [0, 0.1) is 5.92 Å². The van der Waals surface area contributed by atoms with Crippen molar-refractivity contribution in [3.63, 3.8) is 0 Å². The maximum Gasteiger partial charge on any atom is 0.0893 e. The fourth-order valence-corrected chi connectivity index (χ4v) is 1.21. The van der Waals surface area contributed by atoms with Crippen molar-refractivity contribution in [3.05, 3.63) is 11.1 Å². The van der Waals surface area contributed by atoms with Crippen LogP contribution >= 0.6 is 11.5 Å². The third-order valence-electron chi connectivity index (χ3n) is 2.01. The summed E-state index contributed by atoms with van der Waals surface area (Å²) in [6, 6.07) is 0.534. The van der Waals surface area contributed by atoms with Gasteiger partial charge in [-0.1, -0.05) is 18.3 Å². The van der Waals surface area contributed by atoms with Gasteiger partial charge in [0.05, 0.1) is 5.69 Å². The van der Waals surface area contributed by atoms with Crippen molar-refractivity contribution >= 4 is 11.5 Å². The number of hydrogen-bond donors (Lipinski definition) is 1. The molecule has 1 N–H and O–H groups in total. The molecule has 1 heterocycles. The molecule has 0 aliphatic heterocycles. The Kier molecular flexibility index (Phi) is 3.62. The Bertz CT molecular complexity index is 208. The number of nitrogens with one attached hydrogen (secondary N) is 1. The largest absolute Gasteiger partial charge is 0.308 e. The summed E-state index contributed by atoms with van der Waals surface area (Å²) in [6.07, 6.45) is 0. The maximum atomic E-state index is 3.95. The van der Waals surface area contributed by atoms with Gasteiger partial charge in [-0.15, -0.1) is 5.10 Å². The summed E-state index contributed by atoms with van der Waals surface area (Å²) >= 11 is 1.40. The molecule has 12 heavy (non-hydrogen) atoms. The lowest BCUT2D eigenvalue weighted by Gasteiger charge is -2.16. The highest BCUT2D eigenvalue weighted by Crippen LogP contribution is 2.02. The van der Waals surface area contributed by atoms with E-state index in [1.807, 2.05) is 5.38 Å². The van der Waals surface area contributed by atoms with Crippen LogP contribution in [-0.2, 0) is 6.54 Å². The van der Waals surface area contributed by atoms with Gasteiger partial charge in [-0.2, -0.15) is 0 Å². The topological polar surface area (TPSA) is 37.8 Å². The van der Waals surface area contributed by atoms with Crippen LogP contribution in [0.3, 0.4) is 0 Å². The summed E-state index contributed by atoms with van der Waals surface area (Å²) in [7, 11) is 0. The molecule has 0 aliphatic rings. The molecule has 1 atom stereocenters. The second-order valence-electron chi connectivity index (χ2n) is 3.31. The van der Waals surface area contributed by atoms with Crippen molar-refractivity contribution in [1.82, 2.24) is 14.9 Å². The molecule has 0 radical (unpaired) electrons. The van der Waals surface area contributed by atoms with Crippen molar-refractivity contribution in [3.8, 4) is 0 Å². The van der Waals surface area contributed by atoms with E-state index < -0.39 is 0 Å². The molecule has 0 amide bonds. The monoisotopic (exact) mass is 185 g/mol. The first-order valence-electron chi connectivity index (χ1n) is 4.19. The molecule has 0 saturated heterocycles. The lowest BCUT2D eigenvalue weighted by atomic mass is 10.1. The average Bonchev–Trinajstić information content (AvgIpc) is 2.51. The summed E-state index contributed by atoms with van der Waals surface area (Å²) in [5.74, 6) is 0.664. The highest BCUT2D eigenvalue weighted by Gasteiger charge is 2.06. The van der Waals surface area contributed by atoms with Gasteiger partial charge in [0.2, 0.25) is 0 Å². The third-order valence-corrected chi connectivity index (χ3v) is 2.56. The van der Waals surface area contributed by atoms with Gasteiger partial charge in [-0.3, -0.25) is 0 Å². The van der Waals surface area contributed by atoms with Crippen LogP contribution in [0.4, 0.5) is 0 Å². The van der Waals surface area contributed by atoms with Crippen molar-refractivity contribution < 1.29 is 0 Å². The van der Waals surface area contributed by atoms with E-state index in [0.717, 1.165) is 12.2 Å². The van der Waals surface area contributed by atoms with E-state index in [-0.39, 0.29) is 0 Å². The molecular weight excluding hydrogens is 170 g/mol. The Labute approximate surface area is 77.4 Å². The molecule has 68 valence electrons. The molecule has 1 aromatic rings. The highest BCUT2D eigenvalue weighted by molar-refractivity contribution is 7.03. The molecule has 1 aromatic heterocycles. The third kappa shape index (κ3) is 2.87. The van der Waals surface area contributed by atoms with Gasteiger partial charge in [0.15, 0.2) is 0 Å². The van der Waals surface area contributed by atoms with E-state index in [1.165, 1.54) is 11.5 Å². The second kappa shape index (κ2) is 4.52. The first kappa shape index (κ1) is 9.61. The Morgan fingerprint density at radius 2 is 2.25 bits per heavy atom. The van der Waals surface area contributed by atoms with Crippen LogP contribution < -0.4 is 5.32 Å². The van der Waals surface area contributed by atoms with Crippen LogP contribution in [0.15, 0.2) is 5.38 Å². The van der Waals surface area contributed by atoms with Crippen molar-refractivity contribution in [1.29, 1.82) is 0 Å². The van der Waals surface area contributed by atoms with Gasteiger partial charge in [-0.05, 0) is 24.4 Å². The van der Waals surface area contributed by atoms with Crippen molar-refractivity contribution in [2.45, 2.75) is 33.4 Å². The van der Waals surface area contributed by atoms with Crippen molar-refractivity contribution in [2.24, 2.45) is 5.92 Å². The Hall–Kier alpha value is -0.480. The normalized spacial score (nSPS) is 13.7. The van der Waals surface area contributed by atoms with E-state index in [9.17, 15) is 0 Å². The minimum Gasteiger partial charge on any atom is -0.308 e. The summed E-state index contributed by atoms with van der Waals surface area (Å²) in [5.41, 5.74) is 1.03. The van der Waals surface area contributed by atoms with Crippen LogP contribution in [-0.4, -0.2) is 15.6 Å². The van der Waals surface area contributed by atoms with Crippen LogP contribution in [0.5, 0.6) is 0 Å². The first-order valence-corrected chi connectivity index (χ1v) is 5.03. The zero-order chi connectivity index (χ0) is 8.97. The van der Waals surface area contributed by atoms with Crippen LogP contribution in [0.1, 0.15) is 26.5 Å². The molecular formula is C8H15N3S. The molecule has 0 aromatic carbocycles. The van der Waals surface area contributed by atoms with E-state index >= 15 is 0 Å². The molecule has 4 heteroatoms. The maximum absolute atomic E-state index is 3.95. The fraction of sp³-hybridized carbons (Fsp3) is 0.750. The minimum absolute atomic E-state index is 0.534. The van der Waals surface area contributed by atoms with E-state index in [2.05, 4.69) is 35.7 Å². The minimum atomic E-state index is 0.534. The molecule has 0 saturated carbocycles. The lowest BCUT2D eigenvalue weighted by molar-refractivity contribution is 0.424. The smallest absolute Gasteiger partial charge is 0.0893 e. The first-order chi connectivity index (χ1) is 5.70. The molecule has 1 unspecified atom stereocenters. The van der Waals surface area contributed by atoms with E-state index in [0.29, 0.717) is 12.0 Å². The quantitative estimate of drug-likeness (QED) is 0.775. The van der Waals surface area contributed by atoms with Gasteiger partial charge < -0.3 is 5.32 Å². The van der Waals surface area contributed by atoms with E-state index in [4.69, 9.17) is 0 Å². The second-order valence-corrected chi connectivity index (χ2v) is 3.92. The van der Waals surface area contributed by atoms with Crippen LogP contribution in [0.2, 0.25) is 0 Å². The molecule has 0 bridgehead atoms. The average molecular weight is 185 g/mol. The zero-order valence-corrected chi connectivity index (χ0v) is 8.56. The SMILES string of the molecule is CC(C)C(C)NCc1csnn1. The predicted octanol–water partition coefficient (Wildman–Crippen LogP) is 1.67.